The minimum Gasteiger partial charge on any atom is -0.315 e. The van der Waals surface area contributed by atoms with Crippen LogP contribution in [0.25, 0.3) is 11.1 Å². The van der Waals surface area contributed by atoms with Crippen LogP contribution in [0.5, 0.6) is 0 Å². The maximum Gasteiger partial charge on any atom is 0.300 e. The summed E-state index contributed by atoms with van der Waals surface area (Å²) in [7, 11) is 0. The van der Waals surface area contributed by atoms with Crippen molar-refractivity contribution in [2.45, 2.75) is 20.3 Å². The monoisotopic (exact) mass is 544 g/mol. The van der Waals surface area contributed by atoms with E-state index in [1.165, 1.54) is 0 Å². The lowest BCUT2D eigenvalue weighted by Gasteiger charge is -2.18. The van der Waals surface area contributed by atoms with Gasteiger partial charge in [0.25, 0.3) is 0 Å². The standard InChI is InChI=1S/C27H26BrClN2O.ClH/c1-3-31(4-2)17-16-22-12-14-24(19-26(22)29)30-27(32)15-13-21-10-11-23(18-25(21)28)20-8-6-5-7-9-20;/h5-12,14,18-19H,3-4,16-17H2,1-2H3,(H,30,32);1H. The second kappa shape index (κ2) is 13.4. The van der Waals surface area contributed by atoms with Crippen LogP contribution in [0, 0.1) is 11.8 Å². The fourth-order valence-corrected chi connectivity index (χ4v) is 4.11. The van der Waals surface area contributed by atoms with Crippen LogP contribution in [-0.2, 0) is 11.2 Å². The second-order valence-corrected chi connectivity index (χ2v) is 8.61. The van der Waals surface area contributed by atoms with Gasteiger partial charge in [-0.1, -0.05) is 73.8 Å². The fourth-order valence-electron chi connectivity index (χ4n) is 3.36. The molecule has 0 fully saturated rings. The van der Waals surface area contributed by atoms with Gasteiger partial charge >= 0.3 is 5.91 Å². The van der Waals surface area contributed by atoms with Crippen LogP contribution in [0.1, 0.15) is 25.0 Å². The molecule has 3 rings (SSSR count). The summed E-state index contributed by atoms with van der Waals surface area (Å²) in [4.78, 5) is 14.7. The molecule has 0 saturated heterocycles. The molecule has 0 radical (unpaired) electrons. The van der Waals surface area contributed by atoms with E-state index in [1.807, 2.05) is 48.5 Å². The van der Waals surface area contributed by atoms with Gasteiger partial charge in [0.15, 0.2) is 0 Å². The smallest absolute Gasteiger partial charge is 0.300 e. The molecule has 0 saturated carbocycles. The van der Waals surface area contributed by atoms with Crippen molar-refractivity contribution in [1.29, 1.82) is 0 Å². The number of rotatable bonds is 7. The van der Waals surface area contributed by atoms with Crippen LogP contribution in [0.4, 0.5) is 5.69 Å². The van der Waals surface area contributed by atoms with Crippen molar-refractivity contribution >= 4 is 51.5 Å². The number of nitrogens with zero attached hydrogens (tertiary/aromatic N) is 1. The molecule has 0 atom stereocenters. The minimum absolute atomic E-state index is 0. The van der Waals surface area contributed by atoms with Crippen LogP contribution >= 0.6 is 39.9 Å². The van der Waals surface area contributed by atoms with E-state index in [2.05, 4.69) is 64.0 Å². The number of nitrogens with one attached hydrogen (secondary N) is 1. The lowest BCUT2D eigenvalue weighted by molar-refractivity contribution is -0.111. The molecule has 0 aliphatic heterocycles. The molecule has 33 heavy (non-hydrogen) atoms. The Balaban J connectivity index is 0.00000385. The lowest BCUT2D eigenvalue weighted by Crippen LogP contribution is -2.25. The topological polar surface area (TPSA) is 32.3 Å². The van der Waals surface area contributed by atoms with Gasteiger partial charge in [-0.3, -0.25) is 4.79 Å². The number of hydrogen-bond donors (Lipinski definition) is 1. The fraction of sp³-hybridized carbons (Fsp3) is 0.222. The normalized spacial score (nSPS) is 10.2. The highest BCUT2D eigenvalue weighted by Gasteiger charge is 2.07. The first-order valence-electron chi connectivity index (χ1n) is 10.7. The van der Waals surface area contributed by atoms with Crippen molar-refractivity contribution < 1.29 is 4.79 Å². The van der Waals surface area contributed by atoms with E-state index in [-0.39, 0.29) is 18.3 Å². The Morgan fingerprint density at radius 1 is 1.00 bits per heavy atom. The van der Waals surface area contributed by atoms with Crippen LogP contribution in [0.3, 0.4) is 0 Å². The van der Waals surface area contributed by atoms with E-state index >= 15 is 0 Å². The number of likely N-dealkylation sites (N-methyl/N-ethyl adjacent to an activating group) is 1. The molecule has 0 aliphatic rings. The van der Waals surface area contributed by atoms with Gasteiger partial charge in [-0.25, -0.2) is 0 Å². The third kappa shape index (κ3) is 7.91. The van der Waals surface area contributed by atoms with Crippen molar-refractivity contribution in [3.05, 3.63) is 87.4 Å². The average Bonchev–Trinajstić information content (AvgIpc) is 2.80. The van der Waals surface area contributed by atoms with Crippen LogP contribution in [-0.4, -0.2) is 30.4 Å². The molecule has 3 aromatic carbocycles. The Hall–Kier alpha value is -2.29. The highest BCUT2D eigenvalue weighted by molar-refractivity contribution is 9.10. The molecule has 3 aromatic rings. The average molecular weight is 546 g/mol. The zero-order valence-electron chi connectivity index (χ0n) is 18.7. The van der Waals surface area contributed by atoms with Gasteiger partial charge in [-0.05, 0) is 76.4 Å². The maximum absolute atomic E-state index is 12.3. The molecule has 0 aliphatic carbocycles. The van der Waals surface area contributed by atoms with Gasteiger partial charge in [0.1, 0.15) is 0 Å². The van der Waals surface area contributed by atoms with E-state index in [9.17, 15) is 4.79 Å². The van der Waals surface area contributed by atoms with Gasteiger partial charge in [-0.15, -0.1) is 12.4 Å². The Morgan fingerprint density at radius 2 is 1.73 bits per heavy atom. The van der Waals surface area contributed by atoms with Crippen molar-refractivity contribution in [3.8, 4) is 23.0 Å². The van der Waals surface area contributed by atoms with Crippen molar-refractivity contribution in [1.82, 2.24) is 4.90 Å². The van der Waals surface area contributed by atoms with E-state index in [0.29, 0.717) is 10.7 Å². The summed E-state index contributed by atoms with van der Waals surface area (Å²) in [6, 6.07) is 21.6. The molecule has 0 unspecified atom stereocenters. The van der Waals surface area contributed by atoms with Gasteiger partial charge in [-0.2, -0.15) is 0 Å². The predicted octanol–water partition coefficient (Wildman–Crippen LogP) is 7.07. The molecule has 0 spiro atoms. The minimum atomic E-state index is -0.379. The number of amides is 1. The first kappa shape index (κ1) is 27.0. The summed E-state index contributed by atoms with van der Waals surface area (Å²) in [5.74, 6) is 5.21. The largest absolute Gasteiger partial charge is 0.315 e. The molecule has 0 heterocycles. The van der Waals surface area contributed by atoms with E-state index < -0.39 is 0 Å². The van der Waals surface area contributed by atoms with Crippen LogP contribution in [0.2, 0.25) is 5.02 Å². The Morgan fingerprint density at radius 3 is 2.36 bits per heavy atom. The Kier molecular flexibility index (Phi) is 11.0. The number of carbonyl (C=O) groups is 1. The summed E-state index contributed by atoms with van der Waals surface area (Å²) in [5.41, 5.74) is 4.68. The molecule has 172 valence electrons. The Labute approximate surface area is 216 Å². The molecule has 0 aromatic heterocycles. The molecule has 1 N–H and O–H groups in total. The SMILES string of the molecule is CCN(CC)CCc1ccc(NC(=O)C#Cc2ccc(-c3ccccc3)cc2Br)cc1Cl.Cl. The first-order valence-corrected chi connectivity index (χ1v) is 11.9. The first-order chi connectivity index (χ1) is 15.5. The van der Waals surface area contributed by atoms with Gasteiger partial charge in [0.05, 0.1) is 0 Å². The summed E-state index contributed by atoms with van der Waals surface area (Å²) in [6.45, 7) is 7.31. The summed E-state index contributed by atoms with van der Waals surface area (Å²) in [6.07, 6.45) is 0.877. The summed E-state index contributed by atoms with van der Waals surface area (Å²) >= 11 is 9.99. The van der Waals surface area contributed by atoms with Gasteiger partial charge in [0.2, 0.25) is 0 Å². The lowest BCUT2D eigenvalue weighted by atomic mass is 10.0. The highest BCUT2D eigenvalue weighted by atomic mass is 79.9. The number of hydrogen-bond acceptors (Lipinski definition) is 2. The zero-order chi connectivity index (χ0) is 22.9. The summed E-state index contributed by atoms with van der Waals surface area (Å²) in [5, 5.41) is 3.46. The zero-order valence-corrected chi connectivity index (χ0v) is 21.9. The van der Waals surface area contributed by atoms with E-state index in [4.69, 9.17) is 11.6 Å². The number of benzene rings is 3. The van der Waals surface area contributed by atoms with Crippen LogP contribution in [0.15, 0.2) is 71.2 Å². The molecular formula is C27H27BrCl2N2O. The molecule has 3 nitrogen and oxygen atoms in total. The number of anilines is 1. The number of carbonyl (C=O) groups excluding carboxylic acids is 1. The van der Waals surface area contributed by atoms with Crippen LogP contribution < -0.4 is 5.32 Å². The van der Waals surface area contributed by atoms with E-state index in [1.54, 1.807) is 6.07 Å². The number of halogens is 3. The third-order valence-corrected chi connectivity index (χ3v) is 6.30. The molecule has 0 bridgehead atoms. The maximum atomic E-state index is 12.3. The summed E-state index contributed by atoms with van der Waals surface area (Å²) < 4.78 is 0.847. The van der Waals surface area contributed by atoms with Crippen molar-refractivity contribution in [2.75, 3.05) is 25.0 Å². The van der Waals surface area contributed by atoms with E-state index in [0.717, 1.165) is 52.8 Å². The highest BCUT2D eigenvalue weighted by Crippen LogP contribution is 2.25. The van der Waals surface area contributed by atoms with Gasteiger partial charge in [0, 0.05) is 33.2 Å². The predicted molar refractivity (Wildman–Crippen MR) is 145 cm³/mol. The third-order valence-electron chi connectivity index (χ3n) is 5.29. The van der Waals surface area contributed by atoms with Crippen molar-refractivity contribution in [3.63, 3.8) is 0 Å². The molecular weight excluding hydrogens is 519 g/mol. The second-order valence-electron chi connectivity index (χ2n) is 7.35. The Bertz CT molecular complexity index is 1140. The molecule has 6 heteroatoms. The quantitative estimate of drug-likeness (QED) is 0.322. The van der Waals surface area contributed by atoms with Gasteiger partial charge < -0.3 is 10.2 Å². The van der Waals surface area contributed by atoms with Crippen molar-refractivity contribution in [2.24, 2.45) is 0 Å². The molecule has 1 amide bonds.